The monoisotopic (exact) mass is 391 g/mol. The van der Waals surface area contributed by atoms with E-state index >= 15 is 0 Å². The molecular weight excluding hydrogens is 374 g/mol. The van der Waals surface area contributed by atoms with Gasteiger partial charge in [-0.1, -0.05) is 25.1 Å². The third kappa shape index (κ3) is 3.16. The van der Waals surface area contributed by atoms with Gasteiger partial charge in [0.25, 0.3) is 5.91 Å². The van der Waals surface area contributed by atoms with Crippen molar-refractivity contribution in [1.29, 1.82) is 0 Å². The first-order valence-corrected chi connectivity index (χ1v) is 9.19. The Morgan fingerprint density at radius 3 is 2.79 bits per heavy atom. The number of aryl methyl sites for hydroxylation is 1. The number of para-hydroxylation sites is 1. The summed E-state index contributed by atoms with van der Waals surface area (Å²) in [7, 11) is 0. The van der Waals surface area contributed by atoms with Gasteiger partial charge in [0.05, 0.1) is 5.52 Å². The number of hydrogen-bond acceptors (Lipinski definition) is 7. The molecule has 0 aliphatic carbocycles. The molecular formula is C20H17N5O4. The minimum absolute atomic E-state index is 0.178. The van der Waals surface area contributed by atoms with Crippen LogP contribution in [0, 0.1) is 0 Å². The van der Waals surface area contributed by atoms with Crippen LogP contribution in [0.3, 0.4) is 0 Å². The van der Waals surface area contributed by atoms with E-state index in [9.17, 15) is 4.79 Å². The molecule has 9 nitrogen and oxygen atoms in total. The first kappa shape index (κ1) is 17.2. The average Bonchev–Trinajstić information content (AvgIpc) is 3.46. The number of fused-ring (bicyclic) bond motifs is 2. The molecule has 1 N–H and O–H groups in total. The van der Waals surface area contributed by atoms with Gasteiger partial charge >= 0.3 is 0 Å². The average molecular weight is 391 g/mol. The molecule has 1 aliphatic heterocycles. The van der Waals surface area contributed by atoms with Crippen LogP contribution in [0.4, 0.5) is 5.69 Å². The van der Waals surface area contributed by atoms with Crippen LogP contribution in [0.15, 0.2) is 46.9 Å². The SMILES string of the molecule is CCc1nnc(Cn2nc(C(=O)Nc3ccc4c(c3)OCO4)c3ccccc32)o1. The third-order valence-electron chi connectivity index (χ3n) is 4.60. The summed E-state index contributed by atoms with van der Waals surface area (Å²) >= 11 is 0. The zero-order chi connectivity index (χ0) is 19.8. The summed E-state index contributed by atoms with van der Waals surface area (Å²) in [5.74, 6) is 1.94. The van der Waals surface area contributed by atoms with Crippen LogP contribution < -0.4 is 14.8 Å². The molecule has 29 heavy (non-hydrogen) atoms. The van der Waals surface area contributed by atoms with Crippen LogP contribution in [-0.2, 0) is 13.0 Å². The van der Waals surface area contributed by atoms with E-state index in [1.807, 2.05) is 31.2 Å². The van der Waals surface area contributed by atoms with Crippen molar-refractivity contribution >= 4 is 22.5 Å². The molecule has 5 rings (SSSR count). The molecule has 146 valence electrons. The maximum absolute atomic E-state index is 12.9. The van der Waals surface area contributed by atoms with Gasteiger partial charge in [-0.15, -0.1) is 10.2 Å². The largest absolute Gasteiger partial charge is 0.454 e. The Balaban J connectivity index is 1.45. The van der Waals surface area contributed by atoms with Crippen LogP contribution in [-0.4, -0.2) is 32.7 Å². The molecule has 4 aromatic rings. The van der Waals surface area contributed by atoms with Crippen molar-refractivity contribution in [3.8, 4) is 11.5 Å². The first-order valence-electron chi connectivity index (χ1n) is 9.19. The molecule has 1 amide bonds. The first-order chi connectivity index (χ1) is 14.2. The van der Waals surface area contributed by atoms with Crippen LogP contribution >= 0.6 is 0 Å². The minimum Gasteiger partial charge on any atom is -0.454 e. The zero-order valence-corrected chi connectivity index (χ0v) is 15.6. The predicted molar refractivity (Wildman–Crippen MR) is 103 cm³/mol. The van der Waals surface area contributed by atoms with E-state index in [0.29, 0.717) is 41.1 Å². The van der Waals surface area contributed by atoms with E-state index in [-0.39, 0.29) is 19.2 Å². The normalized spacial score (nSPS) is 12.4. The van der Waals surface area contributed by atoms with E-state index < -0.39 is 0 Å². The highest BCUT2D eigenvalue weighted by atomic mass is 16.7. The number of rotatable bonds is 5. The molecule has 3 heterocycles. The van der Waals surface area contributed by atoms with Gasteiger partial charge in [0, 0.05) is 23.6 Å². The molecule has 1 aliphatic rings. The number of nitrogens with zero attached hydrogens (tertiary/aromatic N) is 4. The van der Waals surface area contributed by atoms with Gasteiger partial charge < -0.3 is 19.2 Å². The van der Waals surface area contributed by atoms with Gasteiger partial charge in [-0.2, -0.15) is 5.10 Å². The number of hydrogen-bond donors (Lipinski definition) is 1. The fourth-order valence-electron chi connectivity index (χ4n) is 3.20. The summed E-state index contributed by atoms with van der Waals surface area (Å²) in [4.78, 5) is 12.9. The van der Waals surface area contributed by atoms with E-state index in [1.165, 1.54) is 0 Å². The van der Waals surface area contributed by atoms with Crippen LogP contribution in [0.1, 0.15) is 29.2 Å². The summed E-state index contributed by atoms with van der Waals surface area (Å²) in [5.41, 5.74) is 1.72. The second-order valence-corrected chi connectivity index (χ2v) is 6.49. The fourth-order valence-corrected chi connectivity index (χ4v) is 3.20. The lowest BCUT2D eigenvalue weighted by molar-refractivity contribution is 0.102. The van der Waals surface area contributed by atoms with Crippen molar-refractivity contribution in [3.05, 3.63) is 59.9 Å². The number of aromatic nitrogens is 4. The van der Waals surface area contributed by atoms with E-state index in [4.69, 9.17) is 13.9 Å². The minimum atomic E-state index is -0.321. The molecule has 0 atom stereocenters. The highest BCUT2D eigenvalue weighted by Gasteiger charge is 2.20. The lowest BCUT2D eigenvalue weighted by Crippen LogP contribution is -2.14. The maximum atomic E-state index is 12.9. The van der Waals surface area contributed by atoms with Crippen LogP contribution in [0.5, 0.6) is 11.5 Å². The number of carbonyl (C=O) groups is 1. The van der Waals surface area contributed by atoms with Crippen LogP contribution in [0.2, 0.25) is 0 Å². The Kier molecular flexibility index (Phi) is 4.12. The molecule has 2 aromatic carbocycles. The smallest absolute Gasteiger partial charge is 0.276 e. The zero-order valence-electron chi connectivity index (χ0n) is 15.6. The second kappa shape index (κ2) is 6.93. The molecule has 0 radical (unpaired) electrons. The molecule has 2 aromatic heterocycles. The summed E-state index contributed by atoms with van der Waals surface area (Å²) in [6, 6.07) is 12.8. The van der Waals surface area contributed by atoms with Gasteiger partial charge in [-0.3, -0.25) is 9.48 Å². The lowest BCUT2D eigenvalue weighted by Gasteiger charge is -2.04. The second-order valence-electron chi connectivity index (χ2n) is 6.49. The number of amides is 1. The van der Waals surface area contributed by atoms with Gasteiger partial charge in [-0.05, 0) is 18.2 Å². The number of carbonyl (C=O) groups excluding carboxylic acids is 1. The highest BCUT2D eigenvalue weighted by molar-refractivity contribution is 6.11. The Morgan fingerprint density at radius 2 is 1.93 bits per heavy atom. The van der Waals surface area contributed by atoms with Crippen LogP contribution in [0.25, 0.3) is 10.9 Å². The standard InChI is InChI=1S/C20H17N5O4/c1-2-17-22-23-18(29-17)10-25-14-6-4-3-5-13(14)19(24-25)20(26)21-12-7-8-15-16(9-12)28-11-27-15/h3-9H,2,10-11H2,1H3,(H,21,26). The van der Waals surface area contributed by atoms with Crippen molar-refractivity contribution in [1.82, 2.24) is 20.0 Å². The molecule has 0 spiro atoms. The third-order valence-corrected chi connectivity index (χ3v) is 4.60. The van der Waals surface area contributed by atoms with Gasteiger partial charge in [0.1, 0.15) is 6.54 Å². The molecule has 9 heteroatoms. The van der Waals surface area contributed by atoms with Gasteiger partial charge in [0.15, 0.2) is 17.2 Å². The number of anilines is 1. The summed E-state index contributed by atoms with van der Waals surface area (Å²) < 4.78 is 17.9. The van der Waals surface area contributed by atoms with Crippen molar-refractivity contribution in [3.63, 3.8) is 0 Å². The number of benzene rings is 2. The molecule has 0 saturated heterocycles. The summed E-state index contributed by atoms with van der Waals surface area (Å²) in [5, 5.41) is 16.1. The topological polar surface area (TPSA) is 104 Å². The van der Waals surface area contributed by atoms with Gasteiger partial charge in [-0.25, -0.2) is 0 Å². The Hall–Kier alpha value is -3.88. The van der Waals surface area contributed by atoms with Crippen molar-refractivity contribution in [2.45, 2.75) is 19.9 Å². The number of nitrogens with one attached hydrogen (secondary N) is 1. The predicted octanol–water partition coefficient (Wildman–Crippen LogP) is 3.01. The van der Waals surface area contributed by atoms with Crippen molar-refractivity contribution in [2.24, 2.45) is 0 Å². The van der Waals surface area contributed by atoms with E-state index in [1.54, 1.807) is 22.9 Å². The Labute approximate surface area is 165 Å². The highest BCUT2D eigenvalue weighted by Crippen LogP contribution is 2.34. The number of ether oxygens (including phenoxy) is 2. The summed E-state index contributed by atoms with van der Waals surface area (Å²) in [6.07, 6.45) is 0.663. The lowest BCUT2D eigenvalue weighted by atomic mass is 10.2. The molecule has 0 fully saturated rings. The fraction of sp³-hybridized carbons (Fsp3) is 0.200. The van der Waals surface area contributed by atoms with E-state index in [0.717, 1.165) is 10.9 Å². The summed E-state index contributed by atoms with van der Waals surface area (Å²) in [6.45, 7) is 2.40. The van der Waals surface area contributed by atoms with Crippen molar-refractivity contribution < 1.29 is 18.7 Å². The quantitative estimate of drug-likeness (QED) is 0.558. The van der Waals surface area contributed by atoms with E-state index in [2.05, 4.69) is 20.6 Å². The molecule has 0 unspecified atom stereocenters. The van der Waals surface area contributed by atoms with Crippen molar-refractivity contribution in [2.75, 3.05) is 12.1 Å². The Bertz CT molecular complexity index is 1210. The Morgan fingerprint density at radius 1 is 1.10 bits per heavy atom. The molecule has 0 saturated carbocycles. The molecule has 0 bridgehead atoms. The maximum Gasteiger partial charge on any atom is 0.276 e. The van der Waals surface area contributed by atoms with Gasteiger partial charge in [0.2, 0.25) is 18.6 Å².